The molecule has 2 atom stereocenters. The van der Waals surface area contributed by atoms with Gasteiger partial charge in [-0.1, -0.05) is 19.1 Å². The average molecular weight is 112 g/mol. The summed E-state index contributed by atoms with van der Waals surface area (Å²) in [4.78, 5) is 0. The summed E-state index contributed by atoms with van der Waals surface area (Å²) in [7, 11) is 0. The van der Waals surface area contributed by atoms with Crippen LogP contribution in [-0.2, 0) is 0 Å². The first-order chi connectivity index (χ1) is 3.79. The molecule has 0 bridgehead atoms. The van der Waals surface area contributed by atoms with Gasteiger partial charge < -0.3 is 5.11 Å². The van der Waals surface area contributed by atoms with Crippen LogP contribution in [0.4, 0.5) is 0 Å². The Labute approximate surface area is 50.0 Å². The van der Waals surface area contributed by atoms with E-state index < -0.39 is 0 Å². The van der Waals surface area contributed by atoms with E-state index in [0.29, 0.717) is 5.92 Å². The van der Waals surface area contributed by atoms with Crippen LogP contribution in [0, 0.1) is 5.92 Å². The van der Waals surface area contributed by atoms with Gasteiger partial charge in [-0.25, -0.2) is 0 Å². The van der Waals surface area contributed by atoms with Crippen LogP contribution in [-0.4, -0.2) is 11.2 Å². The number of aliphatic hydroxyl groups excluding tert-OH is 1. The van der Waals surface area contributed by atoms with Crippen LogP contribution in [0.5, 0.6) is 0 Å². The van der Waals surface area contributed by atoms with Crippen molar-refractivity contribution in [1.82, 2.24) is 0 Å². The number of allylic oxidation sites excluding steroid dienone is 1. The molecule has 0 saturated carbocycles. The van der Waals surface area contributed by atoms with Crippen LogP contribution in [0.1, 0.15) is 19.8 Å². The second kappa shape index (κ2) is 2.31. The third-order valence-corrected chi connectivity index (χ3v) is 1.54. The minimum absolute atomic E-state index is 0.168. The van der Waals surface area contributed by atoms with Gasteiger partial charge in [0.1, 0.15) is 0 Å². The lowest BCUT2D eigenvalue weighted by molar-refractivity contribution is 0.183. The molecule has 0 aromatic carbocycles. The minimum Gasteiger partial charge on any atom is -0.389 e. The SMILES string of the molecule is C[C@@H]1CC=C[C@H](O)C1. The summed E-state index contributed by atoms with van der Waals surface area (Å²) in [6.07, 6.45) is 5.84. The highest BCUT2D eigenvalue weighted by molar-refractivity contribution is 4.95. The molecule has 0 saturated heterocycles. The van der Waals surface area contributed by atoms with E-state index in [1.807, 2.05) is 6.08 Å². The van der Waals surface area contributed by atoms with Crippen LogP contribution in [0.15, 0.2) is 12.2 Å². The second-order valence-corrected chi connectivity index (χ2v) is 2.57. The fourth-order valence-corrected chi connectivity index (χ4v) is 1.06. The molecule has 1 aliphatic carbocycles. The van der Waals surface area contributed by atoms with E-state index in [1.54, 1.807) is 0 Å². The molecule has 8 heavy (non-hydrogen) atoms. The van der Waals surface area contributed by atoms with Gasteiger partial charge >= 0.3 is 0 Å². The van der Waals surface area contributed by atoms with Gasteiger partial charge in [0.25, 0.3) is 0 Å². The van der Waals surface area contributed by atoms with Crippen molar-refractivity contribution < 1.29 is 5.11 Å². The molecule has 0 radical (unpaired) electrons. The van der Waals surface area contributed by atoms with E-state index in [9.17, 15) is 0 Å². The summed E-state index contributed by atoms with van der Waals surface area (Å²) in [5.41, 5.74) is 0. The Bertz CT molecular complexity index is 96.6. The standard InChI is InChI=1S/C7H12O/c1-6-3-2-4-7(8)5-6/h2,4,6-8H,3,5H2,1H3/t6-,7+/m1/s1. The minimum atomic E-state index is -0.168. The molecule has 0 fully saturated rings. The van der Waals surface area contributed by atoms with Crippen LogP contribution in [0.25, 0.3) is 0 Å². The van der Waals surface area contributed by atoms with Gasteiger partial charge in [0.2, 0.25) is 0 Å². The normalized spacial score (nSPS) is 37.8. The van der Waals surface area contributed by atoms with Crippen molar-refractivity contribution >= 4 is 0 Å². The van der Waals surface area contributed by atoms with Crippen LogP contribution in [0.2, 0.25) is 0 Å². The summed E-state index contributed by atoms with van der Waals surface area (Å²) in [6.45, 7) is 2.16. The molecule has 0 aromatic heterocycles. The fourth-order valence-electron chi connectivity index (χ4n) is 1.06. The maximum Gasteiger partial charge on any atom is 0.0723 e. The molecule has 1 heteroatoms. The Morgan fingerprint density at radius 3 is 2.75 bits per heavy atom. The molecule has 0 heterocycles. The fraction of sp³-hybridized carbons (Fsp3) is 0.714. The van der Waals surface area contributed by atoms with Gasteiger partial charge in [-0.05, 0) is 18.8 Å². The number of aliphatic hydroxyl groups is 1. The maximum absolute atomic E-state index is 8.99. The van der Waals surface area contributed by atoms with E-state index in [4.69, 9.17) is 5.11 Å². The van der Waals surface area contributed by atoms with Crippen molar-refractivity contribution in [2.75, 3.05) is 0 Å². The molecular weight excluding hydrogens is 100 g/mol. The van der Waals surface area contributed by atoms with Crippen LogP contribution in [0.3, 0.4) is 0 Å². The first kappa shape index (κ1) is 5.83. The maximum atomic E-state index is 8.99. The highest BCUT2D eigenvalue weighted by Gasteiger charge is 2.09. The van der Waals surface area contributed by atoms with Gasteiger partial charge in [0.05, 0.1) is 6.10 Å². The molecule has 0 amide bonds. The van der Waals surface area contributed by atoms with Crippen LogP contribution >= 0.6 is 0 Å². The van der Waals surface area contributed by atoms with Crippen LogP contribution < -0.4 is 0 Å². The lowest BCUT2D eigenvalue weighted by atomic mass is 9.95. The Hall–Kier alpha value is -0.300. The summed E-state index contributed by atoms with van der Waals surface area (Å²) in [5.74, 6) is 0.676. The Balaban J connectivity index is 2.42. The molecular formula is C7H12O. The zero-order valence-electron chi connectivity index (χ0n) is 5.17. The van der Waals surface area contributed by atoms with E-state index in [0.717, 1.165) is 12.8 Å². The Morgan fingerprint density at radius 2 is 2.38 bits per heavy atom. The largest absolute Gasteiger partial charge is 0.389 e. The zero-order valence-corrected chi connectivity index (χ0v) is 5.17. The van der Waals surface area contributed by atoms with E-state index in [1.165, 1.54) is 0 Å². The highest BCUT2D eigenvalue weighted by atomic mass is 16.3. The van der Waals surface area contributed by atoms with Gasteiger partial charge in [-0.3, -0.25) is 0 Å². The number of hydrogen-bond donors (Lipinski definition) is 1. The van der Waals surface area contributed by atoms with Crippen molar-refractivity contribution in [3.05, 3.63) is 12.2 Å². The average Bonchev–Trinajstić information content (AvgIpc) is 1.64. The second-order valence-electron chi connectivity index (χ2n) is 2.57. The van der Waals surface area contributed by atoms with Gasteiger partial charge in [-0.2, -0.15) is 0 Å². The van der Waals surface area contributed by atoms with E-state index in [2.05, 4.69) is 13.0 Å². The molecule has 0 aromatic rings. The Kier molecular flexibility index (Phi) is 1.69. The molecule has 1 nitrogen and oxygen atoms in total. The first-order valence-electron chi connectivity index (χ1n) is 3.14. The monoisotopic (exact) mass is 112 g/mol. The Morgan fingerprint density at radius 1 is 1.62 bits per heavy atom. The van der Waals surface area contributed by atoms with Crippen molar-refractivity contribution in [2.45, 2.75) is 25.9 Å². The predicted molar refractivity (Wildman–Crippen MR) is 33.5 cm³/mol. The molecule has 1 rings (SSSR count). The van der Waals surface area contributed by atoms with Crippen molar-refractivity contribution in [3.63, 3.8) is 0 Å². The highest BCUT2D eigenvalue weighted by Crippen LogP contribution is 2.16. The predicted octanol–water partition coefficient (Wildman–Crippen LogP) is 1.33. The molecule has 0 unspecified atom stereocenters. The molecule has 0 aliphatic heterocycles. The third kappa shape index (κ3) is 1.34. The number of hydrogen-bond acceptors (Lipinski definition) is 1. The molecule has 0 spiro atoms. The van der Waals surface area contributed by atoms with Gasteiger partial charge in [-0.15, -0.1) is 0 Å². The summed E-state index contributed by atoms with van der Waals surface area (Å²) >= 11 is 0. The number of rotatable bonds is 0. The summed E-state index contributed by atoms with van der Waals surface area (Å²) in [5, 5.41) is 8.99. The quantitative estimate of drug-likeness (QED) is 0.469. The lowest BCUT2D eigenvalue weighted by Gasteiger charge is -2.16. The summed E-state index contributed by atoms with van der Waals surface area (Å²) < 4.78 is 0. The third-order valence-electron chi connectivity index (χ3n) is 1.54. The van der Waals surface area contributed by atoms with Crippen molar-refractivity contribution in [3.8, 4) is 0 Å². The summed E-state index contributed by atoms with van der Waals surface area (Å²) in [6, 6.07) is 0. The van der Waals surface area contributed by atoms with E-state index in [-0.39, 0.29) is 6.10 Å². The van der Waals surface area contributed by atoms with Crippen molar-refractivity contribution in [2.24, 2.45) is 5.92 Å². The zero-order chi connectivity index (χ0) is 5.98. The van der Waals surface area contributed by atoms with Crippen molar-refractivity contribution in [1.29, 1.82) is 0 Å². The first-order valence-corrected chi connectivity index (χ1v) is 3.14. The van der Waals surface area contributed by atoms with E-state index >= 15 is 0 Å². The molecule has 46 valence electrons. The molecule has 1 N–H and O–H groups in total. The van der Waals surface area contributed by atoms with Gasteiger partial charge in [0.15, 0.2) is 0 Å². The molecule has 1 aliphatic rings. The lowest BCUT2D eigenvalue weighted by Crippen LogP contribution is -2.11. The smallest absolute Gasteiger partial charge is 0.0723 e. The van der Waals surface area contributed by atoms with Gasteiger partial charge in [0, 0.05) is 0 Å². The topological polar surface area (TPSA) is 20.2 Å².